The molecule has 7 heteroatoms. The van der Waals surface area contributed by atoms with Gasteiger partial charge in [0.2, 0.25) is 5.43 Å². The van der Waals surface area contributed by atoms with E-state index < -0.39 is 52.7 Å². The first-order valence-electron chi connectivity index (χ1n) is 8.94. The zero-order chi connectivity index (χ0) is 20.1. The minimum atomic E-state index is -2.55. The van der Waals surface area contributed by atoms with Gasteiger partial charge in [-0.25, -0.2) is 9.18 Å². The third-order valence-electron chi connectivity index (χ3n) is 4.19. The molecule has 1 saturated carbocycles. The molecule has 4 rings (SSSR count). The number of hydrogen-bond acceptors (Lipinski definition) is 4. The fourth-order valence-electron chi connectivity index (χ4n) is 2.94. The monoisotopic (exact) mass is 322 g/mol. The lowest BCUT2D eigenvalue weighted by Crippen LogP contribution is -2.30. The van der Waals surface area contributed by atoms with Gasteiger partial charge in [-0.15, -0.1) is 0 Å². The van der Waals surface area contributed by atoms with E-state index in [1.165, 1.54) is 4.57 Å². The molecule has 23 heavy (non-hydrogen) atoms. The number of halogens is 1. The summed E-state index contributed by atoms with van der Waals surface area (Å²) in [6.45, 7) is 1.69. The first-order chi connectivity index (χ1) is 12.4. The molecular formula is C16H15FN2O4. The maximum absolute atomic E-state index is 15.0. The van der Waals surface area contributed by atoms with Crippen molar-refractivity contribution >= 4 is 16.9 Å². The van der Waals surface area contributed by atoms with Gasteiger partial charge in [-0.1, -0.05) is 0 Å². The molecule has 2 aliphatic rings. The van der Waals surface area contributed by atoms with Crippen LogP contribution in [0.2, 0.25) is 0 Å². The van der Waals surface area contributed by atoms with Crippen LogP contribution in [0.4, 0.5) is 4.39 Å². The third kappa shape index (κ3) is 1.83. The molecule has 0 saturated heterocycles. The van der Waals surface area contributed by atoms with Gasteiger partial charge in [0, 0.05) is 17.2 Å². The topological polar surface area (TPSA) is 94.5 Å². The summed E-state index contributed by atoms with van der Waals surface area (Å²) in [6.07, 6.45) is -3.97. The third-order valence-corrected chi connectivity index (χ3v) is 4.19. The minimum absolute atomic E-state index is 0.0113. The van der Waals surface area contributed by atoms with E-state index in [-0.39, 0.29) is 23.3 Å². The van der Waals surface area contributed by atoms with Gasteiger partial charge in [0.05, 0.1) is 22.5 Å². The number of nitrogens with zero attached hydrogens (tertiary/aromatic N) is 1. The normalized spacial score (nSPS) is 28.0. The Bertz CT molecular complexity index is 1080. The second kappa shape index (κ2) is 4.32. The van der Waals surface area contributed by atoms with Crippen LogP contribution in [0.1, 0.15) is 47.1 Å². The van der Waals surface area contributed by atoms with Crippen molar-refractivity contribution in [1.29, 1.82) is 0 Å². The van der Waals surface area contributed by atoms with Gasteiger partial charge in [-0.05, 0) is 25.7 Å². The molecule has 2 aromatic rings. The van der Waals surface area contributed by atoms with Crippen molar-refractivity contribution in [3.63, 3.8) is 0 Å². The number of nitrogens with two attached hydrogens (primary N) is 1. The number of ether oxygens (including phenoxy) is 1. The number of aromatic nitrogens is 1. The molecule has 1 aliphatic heterocycles. The highest BCUT2D eigenvalue weighted by Gasteiger charge is 2.46. The predicted octanol–water partition coefficient (Wildman–Crippen LogP) is 1.74. The van der Waals surface area contributed by atoms with Gasteiger partial charge in [-0.3, -0.25) is 4.79 Å². The smallest absolute Gasteiger partial charge is 0.341 e. The first-order valence-corrected chi connectivity index (χ1v) is 6.94. The van der Waals surface area contributed by atoms with Crippen LogP contribution in [0.5, 0.6) is 5.75 Å². The zero-order valence-electron chi connectivity index (χ0n) is 16.0. The summed E-state index contributed by atoms with van der Waals surface area (Å²) >= 11 is 0. The lowest BCUT2D eigenvalue weighted by Gasteiger charge is -2.29. The van der Waals surface area contributed by atoms with E-state index >= 15 is 0 Å². The SMILES string of the molecule is [2H]C1([2H])C([2H])([2H])C1(N)c1c(F)cc2c(=O)c(C(=O)O)cn3c2c1OC[C@@H]3C. The molecule has 0 bridgehead atoms. The molecule has 1 aromatic heterocycles. The molecule has 1 atom stereocenters. The highest BCUT2D eigenvalue weighted by Crippen LogP contribution is 2.50. The summed E-state index contributed by atoms with van der Waals surface area (Å²) in [5.41, 5.74) is 1.80. The van der Waals surface area contributed by atoms with E-state index in [1.807, 2.05) is 0 Å². The van der Waals surface area contributed by atoms with Crippen LogP contribution in [0.25, 0.3) is 10.9 Å². The summed E-state index contributed by atoms with van der Waals surface area (Å²) in [5.74, 6) is -2.81. The zero-order valence-corrected chi connectivity index (χ0v) is 12.0. The van der Waals surface area contributed by atoms with Gasteiger partial charge in [-0.2, -0.15) is 0 Å². The fourth-order valence-corrected chi connectivity index (χ4v) is 2.94. The maximum atomic E-state index is 15.0. The van der Waals surface area contributed by atoms with Crippen molar-refractivity contribution in [2.45, 2.75) is 31.3 Å². The second-order valence-electron chi connectivity index (χ2n) is 5.76. The van der Waals surface area contributed by atoms with Gasteiger partial charge in [0.25, 0.3) is 0 Å². The van der Waals surface area contributed by atoms with E-state index in [0.29, 0.717) is 0 Å². The molecule has 0 amide bonds. The van der Waals surface area contributed by atoms with Gasteiger partial charge in [0.1, 0.15) is 18.0 Å². The Kier molecular flexibility index (Phi) is 1.95. The molecule has 0 radical (unpaired) electrons. The van der Waals surface area contributed by atoms with Crippen molar-refractivity contribution in [2.24, 2.45) is 5.73 Å². The number of carboxylic acids is 1. The Morgan fingerprint density at radius 2 is 2.30 bits per heavy atom. The fraction of sp³-hybridized carbons (Fsp3) is 0.375. The lowest BCUT2D eigenvalue weighted by atomic mass is 9.98. The molecule has 1 fully saturated rings. The lowest BCUT2D eigenvalue weighted by molar-refractivity contribution is 0.0694. The van der Waals surface area contributed by atoms with E-state index in [0.717, 1.165) is 12.3 Å². The number of carboxylic acid groups (broad SMARTS) is 1. The largest absolute Gasteiger partial charge is 0.489 e. The molecular weight excluding hydrogens is 303 g/mol. The van der Waals surface area contributed by atoms with Crippen molar-refractivity contribution in [3.05, 3.63) is 39.4 Å². The van der Waals surface area contributed by atoms with Crippen molar-refractivity contribution in [3.8, 4) is 5.75 Å². The van der Waals surface area contributed by atoms with Gasteiger partial charge in [0.15, 0.2) is 5.75 Å². The molecule has 0 unspecified atom stereocenters. The molecule has 2 heterocycles. The Morgan fingerprint density at radius 3 is 2.91 bits per heavy atom. The summed E-state index contributed by atoms with van der Waals surface area (Å²) in [4.78, 5) is 23.9. The van der Waals surface area contributed by atoms with Crippen LogP contribution < -0.4 is 15.9 Å². The molecule has 6 nitrogen and oxygen atoms in total. The molecule has 120 valence electrons. The Balaban J connectivity index is 2.16. The Morgan fingerprint density at radius 1 is 1.61 bits per heavy atom. The van der Waals surface area contributed by atoms with Crippen LogP contribution in [0.3, 0.4) is 0 Å². The Labute approximate surface area is 135 Å². The Hall–Kier alpha value is -2.41. The van der Waals surface area contributed by atoms with Crippen LogP contribution in [-0.4, -0.2) is 22.2 Å². The van der Waals surface area contributed by atoms with Gasteiger partial charge >= 0.3 is 5.97 Å². The average Bonchev–Trinajstić information content (AvgIpc) is 2.88. The number of benzene rings is 1. The van der Waals surface area contributed by atoms with Gasteiger partial charge < -0.3 is 20.1 Å². The molecule has 3 N–H and O–H groups in total. The maximum Gasteiger partial charge on any atom is 0.341 e. The number of aromatic carboxylic acids is 1. The highest BCUT2D eigenvalue weighted by molar-refractivity contribution is 5.95. The predicted molar refractivity (Wildman–Crippen MR) is 80.4 cm³/mol. The summed E-state index contributed by atoms with van der Waals surface area (Å²) in [7, 11) is 0. The van der Waals surface area contributed by atoms with E-state index in [2.05, 4.69) is 0 Å². The van der Waals surface area contributed by atoms with Crippen LogP contribution >= 0.6 is 0 Å². The van der Waals surface area contributed by atoms with Crippen molar-refractivity contribution in [1.82, 2.24) is 4.57 Å². The second-order valence-corrected chi connectivity index (χ2v) is 5.76. The summed E-state index contributed by atoms with van der Waals surface area (Å²) < 4.78 is 53.4. The first kappa shape index (κ1) is 10.4. The molecule has 1 aromatic carbocycles. The highest BCUT2D eigenvalue weighted by atomic mass is 19.1. The van der Waals surface area contributed by atoms with E-state index in [9.17, 15) is 19.1 Å². The molecule has 1 aliphatic carbocycles. The van der Waals surface area contributed by atoms with Crippen molar-refractivity contribution < 1.29 is 24.5 Å². The number of rotatable bonds is 2. The summed E-state index contributed by atoms with van der Waals surface area (Å²) in [5, 5.41) is 9.01. The minimum Gasteiger partial charge on any atom is -0.489 e. The number of pyridine rings is 1. The number of carbonyl (C=O) groups is 1. The van der Waals surface area contributed by atoms with Crippen LogP contribution in [0, 0.1) is 5.82 Å². The standard InChI is InChI=1S/C16H15FN2O4/c1-7-6-23-14-11(16(18)2-3-16)10(17)4-8-12(14)19(7)5-9(13(8)20)15(21)22/h4-5,7H,2-3,6,18H2,1H3,(H,21,22)/t7-/m0/s1/i2D2,3D2. The van der Waals surface area contributed by atoms with E-state index in [4.69, 9.17) is 16.0 Å². The molecule has 0 spiro atoms. The quantitative estimate of drug-likeness (QED) is 0.878. The van der Waals surface area contributed by atoms with Crippen molar-refractivity contribution in [2.75, 3.05) is 6.61 Å². The van der Waals surface area contributed by atoms with E-state index in [1.54, 1.807) is 6.92 Å². The summed E-state index contributed by atoms with van der Waals surface area (Å²) in [6, 6.07) is 0.387. The van der Waals surface area contributed by atoms with Crippen LogP contribution in [-0.2, 0) is 5.54 Å². The average molecular weight is 322 g/mol. The number of hydrogen-bond donors (Lipinski definition) is 2. The van der Waals surface area contributed by atoms with Crippen LogP contribution in [0.15, 0.2) is 17.1 Å².